The molecule has 0 fully saturated rings. The number of hydrogen-bond donors (Lipinski definition) is 1. The SMILES string of the molecule is CCC(C)c1ccc(O)c(C(=O)Oc2cc(C)cc(C)c2)c1. The van der Waals surface area contributed by atoms with Crippen molar-refractivity contribution in [2.24, 2.45) is 0 Å². The van der Waals surface area contributed by atoms with Gasteiger partial charge in [-0.3, -0.25) is 0 Å². The third-order valence-corrected chi connectivity index (χ3v) is 3.83. The van der Waals surface area contributed by atoms with Crippen LogP contribution in [0, 0.1) is 13.8 Å². The molecule has 116 valence electrons. The number of rotatable bonds is 4. The zero-order valence-corrected chi connectivity index (χ0v) is 13.5. The van der Waals surface area contributed by atoms with E-state index >= 15 is 0 Å². The summed E-state index contributed by atoms with van der Waals surface area (Å²) in [5.41, 5.74) is 3.28. The summed E-state index contributed by atoms with van der Waals surface area (Å²) in [6, 6.07) is 10.7. The van der Waals surface area contributed by atoms with Crippen molar-refractivity contribution in [2.75, 3.05) is 0 Å². The molecule has 2 rings (SSSR count). The van der Waals surface area contributed by atoms with Crippen LogP contribution in [0.1, 0.15) is 53.2 Å². The van der Waals surface area contributed by atoms with E-state index in [9.17, 15) is 9.90 Å². The largest absolute Gasteiger partial charge is 0.507 e. The van der Waals surface area contributed by atoms with E-state index in [-0.39, 0.29) is 11.3 Å². The minimum absolute atomic E-state index is 0.0542. The van der Waals surface area contributed by atoms with Gasteiger partial charge in [0.25, 0.3) is 0 Å². The zero-order valence-electron chi connectivity index (χ0n) is 13.5. The normalized spacial score (nSPS) is 12.0. The first kappa shape index (κ1) is 16.1. The lowest BCUT2D eigenvalue weighted by molar-refractivity contribution is 0.0731. The topological polar surface area (TPSA) is 46.5 Å². The zero-order chi connectivity index (χ0) is 16.3. The molecule has 3 nitrogen and oxygen atoms in total. The second-order valence-electron chi connectivity index (χ2n) is 5.80. The number of ether oxygens (including phenoxy) is 1. The van der Waals surface area contributed by atoms with Gasteiger partial charge >= 0.3 is 5.97 Å². The Hall–Kier alpha value is -2.29. The molecular weight excluding hydrogens is 276 g/mol. The summed E-state index contributed by atoms with van der Waals surface area (Å²) in [5.74, 6) is 0.235. The van der Waals surface area contributed by atoms with Crippen LogP contribution in [0.4, 0.5) is 0 Å². The average molecular weight is 298 g/mol. The van der Waals surface area contributed by atoms with E-state index < -0.39 is 5.97 Å². The molecule has 0 radical (unpaired) electrons. The van der Waals surface area contributed by atoms with E-state index in [1.165, 1.54) is 0 Å². The van der Waals surface area contributed by atoms with Crippen molar-refractivity contribution in [1.29, 1.82) is 0 Å². The number of carbonyl (C=O) groups is 1. The van der Waals surface area contributed by atoms with E-state index in [1.807, 2.05) is 26.0 Å². The second kappa shape index (κ2) is 6.65. The molecule has 0 spiro atoms. The van der Waals surface area contributed by atoms with Crippen molar-refractivity contribution in [3.8, 4) is 11.5 Å². The van der Waals surface area contributed by atoms with Gasteiger partial charge in [-0.1, -0.05) is 26.0 Å². The Morgan fingerprint density at radius 1 is 1.14 bits per heavy atom. The number of carbonyl (C=O) groups excluding carboxylic acids is 1. The van der Waals surface area contributed by atoms with E-state index in [0.29, 0.717) is 11.7 Å². The Morgan fingerprint density at radius 3 is 2.36 bits per heavy atom. The van der Waals surface area contributed by atoms with Crippen LogP contribution in [0.25, 0.3) is 0 Å². The lowest BCUT2D eigenvalue weighted by atomic mass is 9.96. The molecule has 2 aromatic carbocycles. The highest BCUT2D eigenvalue weighted by molar-refractivity contribution is 5.94. The molecule has 3 heteroatoms. The lowest BCUT2D eigenvalue weighted by Gasteiger charge is -2.12. The number of esters is 1. The second-order valence-corrected chi connectivity index (χ2v) is 5.80. The predicted molar refractivity (Wildman–Crippen MR) is 87.7 cm³/mol. The fourth-order valence-corrected chi connectivity index (χ4v) is 2.41. The van der Waals surface area contributed by atoms with Gasteiger partial charge in [-0.15, -0.1) is 0 Å². The molecule has 1 N–H and O–H groups in total. The quantitative estimate of drug-likeness (QED) is 0.655. The Labute approximate surface area is 131 Å². The van der Waals surface area contributed by atoms with Gasteiger partial charge in [-0.25, -0.2) is 4.79 Å². The molecule has 2 aromatic rings. The Morgan fingerprint density at radius 2 is 1.77 bits per heavy atom. The van der Waals surface area contributed by atoms with Crippen molar-refractivity contribution in [2.45, 2.75) is 40.0 Å². The lowest BCUT2D eigenvalue weighted by Crippen LogP contribution is -2.10. The van der Waals surface area contributed by atoms with Gasteiger partial charge in [-0.2, -0.15) is 0 Å². The van der Waals surface area contributed by atoms with Crippen molar-refractivity contribution in [3.05, 3.63) is 58.7 Å². The maximum atomic E-state index is 12.3. The number of benzene rings is 2. The van der Waals surface area contributed by atoms with Crippen LogP contribution in [-0.2, 0) is 0 Å². The minimum atomic E-state index is -0.535. The fourth-order valence-electron chi connectivity index (χ4n) is 2.41. The van der Waals surface area contributed by atoms with Crippen LogP contribution in [0.2, 0.25) is 0 Å². The average Bonchev–Trinajstić information content (AvgIpc) is 2.45. The highest BCUT2D eigenvalue weighted by Crippen LogP contribution is 2.26. The summed E-state index contributed by atoms with van der Waals surface area (Å²) in [6.45, 7) is 8.08. The van der Waals surface area contributed by atoms with Gasteiger partial charge in [0, 0.05) is 0 Å². The monoisotopic (exact) mass is 298 g/mol. The molecule has 0 aliphatic carbocycles. The van der Waals surface area contributed by atoms with Crippen LogP contribution in [0.15, 0.2) is 36.4 Å². The van der Waals surface area contributed by atoms with E-state index in [0.717, 1.165) is 23.1 Å². The smallest absolute Gasteiger partial charge is 0.347 e. The number of hydrogen-bond acceptors (Lipinski definition) is 3. The van der Waals surface area contributed by atoms with Gasteiger partial charge in [-0.05, 0) is 67.1 Å². The Balaban J connectivity index is 2.28. The van der Waals surface area contributed by atoms with Crippen LogP contribution in [0.3, 0.4) is 0 Å². The molecule has 0 saturated heterocycles. The highest BCUT2D eigenvalue weighted by Gasteiger charge is 2.16. The molecule has 0 aliphatic rings. The van der Waals surface area contributed by atoms with Gasteiger partial charge in [0.1, 0.15) is 17.1 Å². The molecule has 22 heavy (non-hydrogen) atoms. The van der Waals surface area contributed by atoms with E-state index in [4.69, 9.17) is 4.74 Å². The van der Waals surface area contributed by atoms with Gasteiger partial charge in [0.15, 0.2) is 0 Å². The maximum absolute atomic E-state index is 12.3. The summed E-state index contributed by atoms with van der Waals surface area (Å²) in [6.07, 6.45) is 0.969. The molecule has 0 aromatic heterocycles. The molecule has 0 bridgehead atoms. The standard InChI is InChI=1S/C19H22O3/c1-5-14(4)15-6-7-18(20)17(11-15)19(21)22-16-9-12(2)8-13(3)10-16/h6-11,14,20H,5H2,1-4H3. The first-order valence-corrected chi connectivity index (χ1v) is 7.54. The molecule has 0 heterocycles. The van der Waals surface area contributed by atoms with Crippen LogP contribution in [0.5, 0.6) is 11.5 Å². The molecule has 0 saturated carbocycles. The van der Waals surface area contributed by atoms with Crippen LogP contribution in [-0.4, -0.2) is 11.1 Å². The van der Waals surface area contributed by atoms with Crippen molar-refractivity contribution in [3.63, 3.8) is 0 Å². The fraction of sp³-hybridized carbons (Fsp3) is 0.316. The number of phenolic OH excluding ortho intramolecular Hbond substituents is 1. The van der Waals surface area contributed by atoms with Gasteiger partial charge in [0.2, 0.25) is 0 Å². The summed E-state index contributed by atoms with van der Waals surface area (Å²) in [7, 11) is 0. The van der Waals surface area contributed by atoms with Crippen molar-refractivity contribution >= 4 is 5.97 Å². The minimum Gasteiger partial charge on any atom is -0.507 e. The first-order valence-electron chi connectivity index (χ1n) is 7.54. The summed E-state index contributed by atoms with van der Waals surface area (Å²) < 4.78 is 5.41. The van der Waals surface area contributed by atoms with Gasteiger partial charge < -0.3 is 9.84 Å². The summed E-state index contributed by atoms with van der Waals surface area (Å²) in [4.78, 5) is 12.3. The third kappa shape index (κ3) is 3.67. The highest BCUT2D eigenvalue weighted by atomic mass is 16.5. The molecule has 0 aliphatic heterocycles. The van der Waals surface area contributed by atoms with Crippen LogP contribution >= 0.6 is 0 Å². The predicted octanol–water partition coefficient (Wildman–Crippen LogP) is 4.74. The number of aromatic hydroxyl groups is 1. The van der Waals surface area contributed by atoms with E-state index in [1.54, 1.807) is 24.3 Å². The Kier molecular flexibility index (Phi) is 4.86. The van der Waals surface area contributed by atoms with Gasteiger partial charge in [0.05, 0.1) is 0 Å². The molecule has 1 atom stereocenters. The Bertz CT molecular complexity index is 669. The molecular formula is C19H22O3. The maximum Gasteiger partial charge on any atom is 0.347 e. The van der Waals surface area contributed by atoms with Crippen molar-refractivity contribution in [1.82, 2.24) is 0 Å². The first-order chi connectivity index (χ1) is 10.4. The summed E-state index contributed by atoms with van der Waals surface area (Å²) >= 11 is 0. The molecule has 0 amide bonds. The third-order valence-electron chi connectivity index (χ3n) is 3.83. The number of aryl methyl sites for hydroxylation is 2. The summed E-state index contributed by atoms with van der Waals surface area (Å²) in [5, 5.41) is 9.95. The molecule has 1 unspecified atom stereocenters. The number of phenols is 1. The van der Waals surface area contributed by atoms with Crippen molar-refractivity contribution < 1.29 is 14.6 Å². The van der Waals surface area contributed by atoms with Crippen LogP contribution < -0.4 is 4.74 Å². The van der Waals surface area contributed by atoms with E-state index in [2.05, 4.69) is 13.8 Å².